The molecule has 0 saturated carbocycles. The molecule has 164 valence electrons. The van der Waals surface area contributed by atoms with Gasteiger partial charge in [-0.2, -0.15) is 4.98 Å². The van der Waals surface area contributed by atoms with Gasteiger partial charge >= 0.3 is 0 Å². The lowest BCUT2D eigenvalue weighted by molar-refractivity contribution is 0.0589. The molecule has 0 bridgehead atoms. The molecule has 1 aliphatic rings. The summed E-state index contributed by atoms with van der Waals surface area (Å²) in [5, 5.41) is 4.44. The van der Waals surface area contributed by atoms with Gasteiger partial charge < -0.3 is 14.4 Å². The first-order valence-electron chi connectivity index (χ1n) is 10.7. The van der Waals surface area contributed by atoms with E-state index < -0.39 is 0 Å². The van der Waals surface area contributed by atoms with Crippen LogP contribution >= 0.6 is 0 Å². The first-order valence-corrected chi connectivity index (χ1v) is 10.7. The molecule has 1 fully saturated rings. The predicted octanol–water partition coefficient (Wildman–Crippen LogP) is 3.39. The van der Waals surface area contributed by atoms with Crippen molar-refractivity contribution in [3.63, 3.8) is 0 Å². The number of methoxy groups -OCH3 is 2. The zero-order valence-electron chi connectivity index (χ0n) is 18.6. The van der Waals surface area contributed by atoms with Crippen molar-refractivity contribution in [3.05, 3.63) is 47.0 Å². The maximum Gasteiger partial charge on any atom is 0.293 e. The van der Waals surface area contributed by atoms with Crippen molar-refractivity contribution in [2.24, 2.45) is 0 Å². The molecule has 1 saturated heterocycles. The third-order valence-electron chi connectivity index (χ3n) is 5.91. The van der Waals surface area contributed by atoms with E-state index in [1.165, 1.54) is 0 Å². The van der Waals surface area contributed by atoms with E-state index in [4.69, 9.17) is 9.47 Å². The molecule has 3 heterocycles. The van der Waals surface area contributed by atoms with Gasteiger partial charge in [-0.05, 0) is 69.7 Å². The van der Waals surface area contributed by atoms with Gasteiger partial charge in [-0.25, -0.2) is 9.50 Å². The predicted molar refractivity (Wildman–Crippen MR) is 117 cm³/mol. The molecule has 1 aromatic carbocycles. The highest BCUT2D eigenvalue weighted by molar-refractivity contribution is 5.91. The third-order valence-corrected chi connectivity index (χ3v) is 5.91. The number of benzene rings is 1. The normalized spacial score (nSPS) is 16.5. The molecule has 8 nitrogen and oxygen atoms in total. The average Bonchev–Trinajstić information content (AvgIpc) is 3.21. The molecule has 3 aromatic rings. The van der Waals surface area contributed by atoms with Gasteiger partial charge in [-0.15, -0.1) is 5.10 Å². The minimum absolute atomic E-state index is 0.112. The van der Waals surface area contributed by atoms with Gasteiger partial charge in [0, 0.05) is 24.0 Å². The second-order valence-corrected chi connectivity index (χ2v) is 8.06. The Morgan fingerprint density at radius 3 is 2.68 bits per heavy atom. The fourth-order valence-electron chi connectivity index (χ4n) is 4.32. The summed E-state index contributed by atoms with van der Waals surface area (Å²) in [5.74, 6) is 2.03. The minimum atomic E-state index is -0.112. The van der Waals surface area contributed by atoms with Crippen LogP contribution in [0.2, 0.25) is 0 Å². The SMILES string of the molecule is COc1ccc(CCC2CCCCN2C(=O)c2nc3nc(C)cc(C)n3n2)cc1OC. The summed E-state index contributed by atoms with van der Waals surface area (Å²) in [6.45, 7) is 4.59. The van der Waals surface area contributed by atoms with Crippen LogP contribution in [0.15, 0.2) is 24.3 Å². The molecule has 8 heteroatoms. The molecule has 4 rings (SSSR count). The Kier molecular flexibility index (Phi) is 6.06. The van der Waals surface area contributed by atoms with E-state index in [1.807, 2.05) is 36.9 Å². The number of hydrogen-bond acceptors (Lipinski definition) is 6. The molecule has 31 heavy (non-hydrogen) atoms. The van der Waals surface area contributed by atoms with Crippen molar-refractivity contribution >= 4 is 11.7 Å². The van der Waals surface area contributed by atoms with Gasteiger partial charge in [0.05, 0.1) is 14.2 Å². The zero-order chi connectivity index (χ0) is 22.0. The standard InChI is InChI=1S/C23H29N5O3/c1-15-13-16(2)28-23(24-15)25-21(26-28)22(29)27-12-6-5-7-18(27)10-8-17-9-11-19(30-3)20(14-17)31-4/h9,11,13-14,18H,5-8,10,12H2,1-4H3. The number of piperidine rings is 1. The number of rotatable bonds is 6. The zero-order valence-corrected chi connectivity index (χ0v) is 18.6. The van der Waals surface area contributed by atoms with Crippen LogP contribution in [0.3, 0.4) is 0 Å². The number of amides is 1. The first-order chi connectivity index (χ1) is 15.0. The molecule has 1 atom stereocenters. The smallest absolute Gasteiger partial charge is 0.293 e. The van der Waals surface area contributed by atoms with Gasteiger partial charge in [0.1, 0.15) is 0 Å². The van der Waals surface area contributed by atoms with Crippen LogP contribution in [0, 0.1) is 13.8 Å². The number of likely N-dealkylation sites (tertiary alicyclic amines) is 1. The molecule has 1 amide bonds. The first kappa shape index (κ1) is 21.1. The van der Waals surface area contributed by atoms with Crippen molar-refractivity contribution in [2.75, 3.05) is 20.8 Å². The Morgan fingerprint density at radius 1 is 1.10 bits per heavy atom. The minimum Gasteiger partial charge on any atom is -0.493 e. The van der Waals surface area contributed by atoms with Crippen molar-refractivity contribution < 1.29 is 14.3 Å². The molecule has 1 aliphatic heterocycles. The maximum absolute atomic E-state index is 13.3. The monoisotopic (exact) mass is 423 g/mol. The van der Waals surface area contributed by atoms with E-state index in [0.29, 0.717) is 5.78 Å². The van der Waals surface area contributed by atoms with Crippen LogP contribution in [0.4, 0.5) is 0 Å². The average molecular weight is 424 g/mol. The summed E-state index contributed by atoms with van der Waals surface area (Å²) in [6.07, 6.45) is 4.85. The Bertz CT molecular complexity index is 1090. The van der Waals surface area contributed by atoms with Gasteiger partial charge in [-0.1, -0.05) is 6.07 Å². The number of aromatic nitrogens is 4. The Hall–Kier alpha value is -3.16. The highest BCUT2D eigenvalue weighted by atomic mass is 16.5. The van der Waals surface area contributed by atoms with Crippen LogP contribution in [0.5, 0.6) is 11.5 Å². The molecule has 0 radical (unpaired) electrons. The fourth-order valence-corrected chi connectivity index (χ4v) is 4.32. The third kappa shape index (κ3) is 4.33. The van der Waals surface area contributed by atoms with Crippen molar-refractivity contribution in [2.45, 2.75) is 52.0 Å². The van der Waals surface area contributed by atoms with Crippen LogP contribution in [0.25, 0.3) is 5.78 Å². The molecule has 0 N–H and O–H groups in total. The fraction of sp³-hybridized carbons (Fsp3) is 0.478. The Morgan fingerprint density at radius 2 is 1.90 bits per heavy atom. The van der Waals surface area contributed by atoms with Gasteiger partial charge in [0.2, 0.25) is 5.82 Å². The van der Waals surface area contributed by atoms with E-state index in [2.05, 4.69) is 21.1 Å². The number of nitrogens with zero attached hydrogens (tertiary/aromatic N) is 5. The second kappa shape index (κ2) is 8.91. The number of hydrogen-bond donors (Lipinski definition) is 0. The summed E-state index contributed by atoms with van der Waals surface area (Å²) in [6, 6.07) is 8.08. The number of aryl methyl sites for hydroxylation is 3. The van der Waals surface area contributed by atoms with Gasteiger partial charge in [0.25, 0.3) is 11.7 Å². The van der Waals surface area contributed by atoms with E-state index in [9.17, 15) is 4.79 Å². The molecule has 0 aliphatic carbocycles. The van der Waals surface area contributed by atoms with E-state index in [0.717, 1.165) is 67.1 Å². The van der Waals surface area contributed by atoms with E-state index >= 15 is 0 Å². The summed E-state index contributed by atoms with van der Waals surface area (Å²) in [7, 11) is 3.28. The summed E-state index contributed by atoms with van der Waals surface area (Å²) >= 11 is 0. The van der Waals surface area contributed by atoms with Crippen LogP contribution in [-0.4, -0.2) is 57.2 Å². The Balaban J connectivity index is 1.51. The highest BCUT2D eigenvalue weighted by Crippen LogP contribution is 2.29. The topological polar surface area (TPSA) is 81.9 Å². The number of carbonyl (C=O) groups is 1. The van der Waals surface area contributed by atoms with Crippen molar-refractivity contribution in [1.82, 2.24) is 24.5 Å². The lowest BCUT2D eigenvalue weighted by atomic mass is 9.95. The highest BCUT2D eigenvalue weighted by Gasteiger charge is 2.30. The summed E-state index contributed by atoms with van der Waals surface area (Å²) < 4.78 is 12.4. The van der Waals surface area contributed by atoms with Crippen LogP contribution in [-0.2, 0) is 6.42 Å². The number of ether oxygens (including phenoxy) is 2. The van der Waals surface area contributed by atoms with E-state index in [1.54, 1.807) is 18.7 Å². The molecule has 1 unspecified atom stereocenters. The lowest BCUT2D eigenvalue weighted by Crippen LogP contribution is -2.44. The molecular formula is C23H29N5O3. The lowest BCUT2D eigenvalue weighted by Gasteiger charge is -2.35. The second-order valence-electron chi connectivity index (χ2n) is 8.06. The van der Waals surface area contributed by atoms with Gasteiger partial charge in [-0.3, -0.25) is 4.79 Å². The van der Waals surface area contributed by atoms with Gasteiger partial charge in [0.15, 0.2) is 11.5 Å². The summed E-state index contributed by atoms with van der Waals surface area (Å²) in [4.78, 5) is 24.1. The molecule has 0 spiro atoms. The molecule has 2 aromatic heterocycles. The quantitative estimate of drug-likeness (QED) is 0.605. The van der Waals surface area contributed by atoms with E-state index in [-0.39, 0.29) is 17.8 Å². The maximum atomic E-state index is 13.3. The largest absolute Gasteiger partial charge is 0.493 e. The number of fused-ring (bicyclic) bond motifs is 1. The van der Waals surface area contributed by atoms with Crippen molar-refractivity contribution in [3.8, 4) is 11.5 Å². The van der Waals surface area contributed by atoms with Crippen molar-refractivity contribution in [1.29, 1.82) is 0 Å². The van der Waals surface area contributed by atoms with Crippen LogP contribution in [0.1, 0.15) is 53.3 Å². The molecular weight excluding hydrogens is 394 g/mol. The number of carbonyl (C=O) groups excluding carboxylic acids is 1. The summed E-state index contributed by atoms with van der Waals surface area (Å²) in [5.41, 5.74) is 2.94. The Labute approximate surface area is 182 Å². The van der Waals surface area contributed by atoms with Crippen LogP contribution < -0.4 is 9.47 Å².